The van der Waals surface area contributed by atoms with E-state index in [4.69, 9.17) is 10.5 Å². The van der Waals surface area contributed by atoms with Crippen LogP contribution in [-0.2, 0) is 9.59 Å². The Bertz CT molecular complexity index is 745. The molecule has 0 aliphatic carbocycles. The molecule has 144 valence electrons. The van der Waals surface area contributed by atoms with Gasteiger partial charge >= 0.3 is 0 Å². The predicted molar refractivity (Wildman–Crippen MR) is 105 cm³/mol. The highest BCUT2D eigenvalue weighted by Crippen LogP contribution is 2.23. The molecule has 2 atom stereocenters. The zero-order valence-corrected chi connectivity index (χ0v) is 15.9. The molecule has 6 nitrogen and oxygen atoms in total. The fraction of sp³-hybridized carbons (Fsp3) is 0.333. The second kappa shape index (κ2) is 9.73. The Morgan fingerprint density at radius 3 is 2.15 bits per heavy atom. The highest BCUT2D eigenvalue weighted by molar-refractivity contribution is 5.87. The van der Waals surface area contributed by atoms with Gasteiger partial charge in [-0.2, -0.15) is 0 Å². The van der Waals surface area contributed by atoms with Crippen LogP contribution in [0.2, 0.25) is 0 Å². The Kier molecular flexibility index (Phi) is 7.37. The van der Waals surface area contributed by atoms with E-state index in [0.29, 0.717) is 0 Å². The Labute approximate surface area is 160 Å². The van der Waals surface area contributed by atoms with E-state index in [-0.39, 0.29) is 30.3 Å². The van der Waals surface area contributed by atoms with Crippen LogP contribution in [0.4, 0.5) is 0 Å². The van der Waals surface area contributed by atoms with E-state index < -0.39 is 6.04 Å². The van der Waals surface area contributed by atoms with Gasteiger partial charge in [0.05, 0.1) is 18.6 Å². The third-order valence-electron chi connectivity index (χ3n) is 4.18. The summed E-state index contributed by atoms with van der Waals surface area (Å²) in [6.07, 6.45) is 0. The molecule has 2 amide bonds. The van der Waals surface area contributed by atoms with E-state index >= 15 is 0 Å². The molecule has 0 aliphatic rings. The molecule has 0 radical (unpaired) electrons. The monoisotopic (exact) mass is 369 g/mol. The minimum absolute atomic E-state index is 0.0172. The van der Waals surface area contributed by atoms with Crippen molar-refractivity contribution < 1.29 is 14.3 Å². The van der Waals surface area contributed by atoms with Crippen molar-refractivity contribution in [2.45, 2.75) is 32.9 Å². The number of rotatable bonds is 8. The average molecular weight is 369 g/mol. The van der Waals surface area contributed by atoms with Crippen LogP contribution < -0.4 is 21.1 Å². The van der Waals surface area contributed by atoms with Gasteiger partial charge < -0.3 is 21.1 Å². The SMILES string of the molecule is CC(NC(=O)CNC(=O)[C@@H](N)C(C)C)c1ccc(Oc2ccccc2)cc1. The summed E-state index contributed by atoms with van der Waals surface area (Å²) in [7, 11) is 0. The van der Waals surface area contributed by atoms with Crippen LogP contribution in [0, 0.1) is 5.92 Å². The van der Waals surface area contributed by atoms with Gasteiger partial charge in [-0.3, -0.25) is 9.59 Å². The molecule has 4 N–H and O–H groups in total. The molecular weight excluding hydrogens is 342 g/mol. The van der Waals surface area contributed by atoms with Gasteiger partial charge in [0.15, 0.2) is 0 Å². The fourth-order valence-corrected chi connectivity index (χ4v) is 2.41. The average Bonchev–Trinajstić information content (AvgIpc) is 2.66. The summed E-state index contributed by atoms with van der Waals surface area (Å²) in [5.41, 5.74) is 6.69. The van der Waals surface area contributed by atoms with E-state index in [0.717, 1.165) is 17.1 Å². The first-order chi connectivity index (χ1) is 12.9. The van der Waals surface area contributed by atoms with Gasteiger partial charge in [-0.15, -0.1) is 0 Å². The standard InChI is InChI=1S/C21H27N3O3/c1-14(2)20(22)21(26)23-13-19(25)24-15(3)16-9-11-18(12-10-16)27-17-7-5-4-6-8-17/h4-12,14-15,20H,13,22H2,1-3H3,(H,23,26)(H,24,25)/t15?,20-/m0/s1. The van der Waals surface area contributed by atoms with Gasteiger partial charge in [-0.05, 0) is 42.7 Å². The van der Waals surface area contributed by atoms with Crippen molar-refractivity contribution in [3.8, 4) is 11.5 Å². The first kappa shape index (κ1) is 20.5. The molecule has 2 rings (SSSR count). The number of nitrogens with one attached hydrogen (secondary N) is 2. The lowest BCUT2D eigenvalue weighted by molar-refractivity contribution is -0.127. The Balaban J connectivity index is 1.83. The van der Waals surface area contributed by atoms with Gasteiger partial charge in [-0.1, -0.05) is 44.2 Å². The normalized spacial score (nSPS) is 12.9. The number of para-hydroxylation sites is 1. The van der Waals surface area contributed by atoms with Crippen LogP contribution in [0.5, 0.6) is 11.5 Å². The molecule has 0 heterocycles. The van der Waals surface area contributed by atoms with Crippen LogP contribution >= 0.6 is 0 Å². The highest BCUT2D eigenvalue weighted by atomic mass is 16.5. The maximum atomic E-state index is 12.0. The lowest BCUT2D eigenvalue weighted by Crippen LogP contribution is -2.47. The highest BCUT2D eigenvalue weighted by Gasteiger charge is 2.18. The van der Waals surface area contributed by atoms with Crippen molar-refractivity contribution in [2.24, 2.45) is 11.7 Å². The maximum Gasteiger partial charge on any atom is 0.239 e. The minimum Gasteiger partial charge on any atom is -0.457 e. The van der Waals surface area contributed by atoms with Crippen molar-refractivity contribution in [1.29, 1.82) is 0 Å². The summed E-state index contributed by atoms with van der Waals surface area (Å²) in [5.74, 6) is 0.913. The van der Waals surface area contributed by atoms with E-state index in [2.05, 4.69) is 10.6 Å². The number of hydrogen-bond donors (Lipinski definition) is 3. The van der Waals surface area contributed by atoms with Gasteiger partial charge in [0, 0.05) is 0 Å². The van der Waals surface area contributed by atoms with Crippen molar-refractivity contribution in [3.05, 3.63) is 60.2 Å². The fourth-order valence-electron chi connectivity index (χ4n) is 2.41. The quantitative estimate of drug-likeness (QED) is 0.667. The van der Waals surface area contributed by atoms with Crippen LogP contribution in [0.15, 0.2) is 54.6 Å². The summed E-state index contributed by atoms with van der Waals surface area (Å²) in [5, 5.41) is 5.41. The lowest BCUT2D eigenvalue weighted by atomic mass is 10.1. The van der Waals surface area contributed by atoms with E-state index in [9.17, 15) is 9.59 Å². The predicted octanol–water partition coefficient (Wildman–Crippen LogP) is 2.76. The third kappa shape index (κ3) is 6.42. The molecule has 0 fully saturated rings. The molecule has 0 saturated carbocycles. The lowest BCUT2D eigenvalue weighted by Gasteiger charge is -2.17. The van der Waals surface area contributed by atoms with Gasteiger partial charge in [0.2, 0.25) is 11.8 Å². The van der Waals surface area contributed by atoms with Crippen molar-refractivity contribution in [3.63, 3.8) is 0 Å². The smallest absolute Gasteiger partial charge is 0.239 e. The zero-order chi connectivity index (χ0) is 19.8. The molecule has 1 unspecified atom stereocenters. The number of hydrogen-bond acceptors (Lipinski definition) is 4. The second-order valence-electron chi connectivity index (χ2n) is 6.76. The molecule has 6 heteroatoms. The van der Waals surface area contributed by atoms with Crippen LogP contribution in [0.1, 0.15) is 32.4 Å². The number of benzene rings is 2. The van der Waals surface area contributed by atoms with Crippen molar-refractivity contribution in [1.82, 2.24) is 10.6 Å². The summed E-state index contributed by atoms with van der Waals surface area (Å²) >= 11 is 0. The molecular formula is C21H27N3O3. The van der Waals surface area contributed by atoms with E-state index in [1.807, 2.05) is 75.4 Å². The number of nitrogens with two attached hydrogens (primary N) is 1. The van der Waals surface area contributed by atoms with Crippen LogP contribution in [0.3, 0.4) is 0 Å². The summed E-state index contributed by atoms with van der Waals surface area (Å²) < 4.78 is 5.75. The third-order valence-corrected chi connectivity index (χ3v) is 4.18. The molecule has 27 heavy (non-hydrogen) atoms. The first-order valence-electron chi connectivity index (χ1n) is 9.02. The number of ether oxygens (including phenoxy) is 1. The summed E-state index contributed by atoms with van der Waals surface area (Å²) in [4.78, 5) is 23.8. The summed E-state index contributed by atoms with van der Waals surface area (Å²) in [6, 6.07) is 16.2. The Morgan fingerprint density at radius 2 is 1.56 bits per heavy atom. The topological polar surface area (TPSA) is 93.5 Å². The van der Waals surface area contributed by atoms with Gasteiger partial charge in [0.1, 0.15) is 11.5 Å². The Hall–Kier alpha value is -2.86. The zero-order valence-electron chi connectivity index (χ0n) is 15.9. The minimum atomic E-state index is -0.618. The molecule has 2 aromatic carbocycles. The van der Waals surface area contributed by atoms with Crippen LogP contribution in [0.25, 0.3) is 0 Å². The number of carbonyl (C=O) groups excluding carboxylic acids is 2. The molecule has 0 bridgehead atoms. The Morgan fingerprint density at radius 1 is 0.963 bits per heavy atom. The van der Waals surface area contributed by atoms with Gasteiger partial charge in [-0.25, -0.2) is 0 Å². The molecule has 0 spiro atoms. The van der Waals surface area contributed by atoms with E-state index in [1.54, 1.807) is 0 Å². The van der Waals surface area contributed by atoms with Crippen molar-refractivity contribution in [2.75, 3.05) is 6.54 Å². The van der Waals surface area contributed by atoms with Crippen molar-refractivity contribution >= 4 is 11.8 Å². The molecule has 0 saturated heterocycles. The maximum absolute atomic E-state index is 12.0. The number of amides is 2. The first-order valence-corrected chi connectivity index (χ1v) is 9.02. The molecule has 0 aromatic heterocycles. The van der Waals surface area contributed by atoms with Gasteiger partial charge in [0.25, 0.3) is 0 Å². The summed E-state index contributed by atoms with van der Waals surface area (Å²) in [6.45, 7) is 5.50. The van der Waals surface area contributed by atoms with E-state index in [1.165, 1.54) is 0 Å². The molecule has 2 aromatic rings. The molecule has 0 aliphatic heterocycles. The van der Waals surface area contributed by atoms with Crippen LogP contribution in [-0.4, -0.2) is 24.4 Å². The largest absolute Gasteiger partial charge is 0.457 e. The number of carbonyl (C=O) groups is 2. The second-order valence-corrected chi connectivity index (χ2v) is 6.76.